The average molecular weight is 596 g/mol. The highest BCUT2D eigenvalue weighted by Gasteiger charge is 2.42. The van der Waals surface area contributed by atoms with Gasteiger partial charge in [0.25, 0.3) is 5.56 Å². The van der Waals surface area contributed by atoms with Crippen molar-refractivity contribution >= 4 is 16.8 Å². The van der Waals surface area contributed by atoms with Crippen LogP contribution in [0, 0.1) is 0 Å². The fourth-order valence-electron chi connectivity index (χ4n) is 5.98. The molecule has 7 nitrogen and oxygen atoms in total. The lowest BCUT2D eigenvalue weighted by molar-refractivity contribution is -0.121. The van der Waals surface area contributed by atoms with Gasteiger partial charge in [-0.25, -0.2) is 9.66 Å². The molecule has 0 spiro atoms. The first kappa shape index (κ1) is 29.7. The van der Waals surface area contributed by atoms with Gasteiger partial charge in [-0.2, -0.15) is 0 Å². The van der Waals surface area contributed by atoms with Crippen LogP contribution in [0.1, 0.15) is 47.3 Å². The van der Waals surface area contributed by atoms with Crippen molar-refractivity contribution in [3.63, 3.8) is 0 Å². The van der Waals surface area contributed by atoms with E-state index in [0.29, 0.717) is 33.2 Å². The topological polar surface area (TPSA) is 104 Å². The second-order valence-corrected chi connectivity index (χ2v) is 11.2. The first-order valence-corrected chi connectivity index (χ1v) is 14.8. The van der Waals surface area contributed by atoms with Gasteiger partial charge >= 0.3 is 0 Å². The van der Waals surface area contributed by atoms with Crippen LogP contribution in [0.15, 0.2) is 150 Å². The van der Waals surface area contributed by atoms with Crippen molar-refractivity contribution in [2.75, 3.05) is 5.43 Å². The number of para-hydroxylation sites is 1. The van der Waals surface area contributed by atoms with Gasteiger partial charge in [-0.05, 0) is 34.4 Å². The molecule has 1 unspecified atom stereocenters. The molecule has 1 heterocycles. The zero-order chi connectivity index (χ0) is 31.4. The second kappa shape index (κ2) is 12.3. The Bertz CT molecular complexity index is 1900. The zero-order valence-electron chi connectivity index (χ0n) is 24.7. The number of carbonyl (C=O) groups excluding carboxylic acids is 1. The summed E-state index contributed by atoms with van der Waals surface area (Å²) in [4.78, 5) is 32.8. The minimum absolute atomic E-state index is 0.158. The number of carbonyl (C=O) groups is 1. The van der Waals surface area contributed by atoms with E-state index in [0.717, 1.165) is 4.68 Å². The first-order valence-electron chi connectivity index (χ1n) is 14.8. The molecule has 1 amide bonds. The van der Waals surface area contributed by atoms with Gasteiger partial charge in [0.2, 0.25) is 5.91 Å². The summed E-state index contributed by atoms with van der Waals surface area (Å²) >= 11 is 0. The third kappa shape index (κ3) is 5.55. The number of benzene rings is 5. The van der Waals surface area contributed by atoms with Gasteiger partial charge in [0.05, 0.1) is 23.2 Å². The van der Waals surface area contributed by atoms with Gasteiger partial charge in [-0.1, -0.05) is 140 Å². The van der Waals surface area contributed by atoms with Crippen molar-refractivity contribution in [1.29, 1.82) is 0 Å². The Balaban J connectivity index is 1.48. The summed E-state index contributed by atoms with van der Waals surface area (Å²) in [7, 11) is 0. The predicted octanol–water partition coefficient (Wildman–Crippen LogP) is 5.83. The van der Waals surface area contributed by atoms with Crippen LogP contribution < -0.4 is 11.0 Å². The minimum Gasteiger partial charge on any atom is -0.380 e. The monoisotopic (exact) mass is 595 g/mol. The second-order valence-electron chi connectivity index (χ2n) is 11.2. The molecule has 0 aliphatic rings. The number of hydrogen-bond donors (Lipinski definition) is 3. The van der Waals surface area contributed by atoms with Gasteiger partial charge in [0, 0.05) is 0 Å². The SMILES string of the molecule is CC(c1nc2ccccc2c(=O)n1NC(=O)CC(O)(c1ccccc1)c1ccccc1)C(O)(c1ccccc1)c1ccccc1. The molecule has 0 fully saturated rings. The van der Waals surface area contributed by atoms with Crippen molar-refractivity contribution in [1.82, 2.24) is 9.66 Å². The maximum atomic E-state index is 14.1. The molecule has 0 saturated carbocycles. The Morgan fingerprint density at radius 1 is 0.689 bits per heavy atom. The van der Waals surface area contributed by atoms with Crippen molar-refractivity contribution < 1.29 is 15.0 Å². The summed E-state index contributed by atoms with van der Waals surface area (Å²) in [6.45, 7) is 1.78. The number of hydrogen-bond acceptors (Lipinski definition) is 5. The molecule has 1 aromatic heterocycles. The third-order valence-electron chi connectivity index (χ3n) is 8.40. The molecule has 6 aromatic rings. The number of amides is 1. The highest BCUT2D eigenvalue weighted by molar-refractivity contribution is 5.86. The highest BCUT2D eigenvalue weighted by atomic mass is 16.3. The first-order chi connectivity index (χ1) is 21.8. The normalized spacial score (nSPS) is 12.5. The Kier molecular flexibility index (Phi) is 8.13. The summed E-state index contributed by atoms with van der Waals surface area (Å²) in [5, 5.41) is 24.9. The molecular formula is C38H33N3O4. The number of nitrogens with zero attached hydrogens (tertiary/aromatic N) is 2. The summed E-state index contributed by atoms with van der Waals surface area (Å²) < 4.78 is 1.11. The Morgan fingerprint density at radius 2 is 1.11 bits per heavy atom. The molecule has 1 atom stereocenters. The third-order valence-corrected chi connectivity index (χ3v) is 8.40. The van der Waals surface area contributed by atoms with Crippen LogP contribution in [0.5, 0.6) is 0 Å². The fraction of sp³-hybridized carbons (Fsp3) is 0.132. The van der Waals surface area contributed by atoms with E-state index in [2.05, 4.69) is 5.43 Å². The molecule has 0 saturated heterocycles. The number of aromatic nitrogens is 2. The molecule has 5 aromatic carbocycles. The minimum atomic E-state index is -1.68. The van der Waals surface area contributed by atoms with E-state index >= 15 is 0 Å². The summed E-state index contributed by atoms with van der Waals surface area (Å²) in [6, 6.07) is 43.2. The largest absolute Gasteiger partial charge is 0.380 e. The number of nitrogens with one attached hydrogen (secondary N) is 1. The Labute approximate surface area is 261 Å². The summed E-state index contributed by atoms with van der Waals surface area (Å²) in [6.07, 6.45) is -0.379. The van der Waals surface area contributed by atoms with Crippen LogP contribution >= 0.6 is 0 Å². The lowest BCUT2D eigenvalue weighted by atomic mass is 9.76. The maximum Gasteiger partial charge on any atom is 0.280 e. The van der Waals surface area contributed by atoms with Gasteiger partial charge in [-0.3, -0.25) is 15.0 Å². The van der Waals surface area contributed by atoms with Crippen LogP contribution in [-0.4, -0.2) is 25.8 Å². The molecule has 0 bridgehead atoms. The van der Waals surface area contributed by atoms with Crippen LogP contribution in [0.25, 0.3) is 10.9 Å². The van der Waals surface area contributed by atoms with Crippen molar-refractivity contribution in [2.45, 2.75) is 30.5 Å². The van der Waals surface area contributed by atoms with Gasteiger partial charge < -0.3 is 10.2 Å². The lowest BCUT2D eigenvalue weighted by Gasteiger charge is -2.36. The van der Waals surface area contributed by atoms with Gasteiger partial charge in [-0.15, -0.1) is 0 Å². The molecule has 7 heteroatoms. The molecular weight excluding hydrogens is 562 g/mol. The van der Waals surface area contributed by atoms with Crippen LogP contribution in [0.2, 0.25) is 0 Å². The Morgan fingerprint density at radius 3 is 1.60 bits per heavy atom. The van der Waals surface area contributed by atoms with Gasteiger partial charge in [0.1, 0.15) is 17.0 Å². The van der Waals surface area contributed by atoms with E-state index in [4.69, 9.17) is 4.98 Å². The standard InChI is InChI=1S/C38H33N3O4/c1-27(38(45,30-20-10-4-11-21-30)31-22-12-5-13-23-31)35-39-33-25-15-14-24-32(33)36(43)41(35)40-34(42)26-37(44,28-16-6-2-7-17-28)29-18-8-3-9-19-29/h2-25,27,44-45H,26H2,1H3,(H,40,42). The van der Waals surface area contributed by atoms with Crippen molar-refractivity contribution in [3.8, 4) is 0 Å². The van der Waals surface area contributed by atoms with E-state index in [-0.39, 0.29) is 12.2 Å². The van der Waals surface area contributed by atoms with Crippen molar-refractivity contribution in [3.05, 3.63) is 184 Å². The molecule has 0 aliphatic carbocycles. The fourth-order valence-corrected chi connectivity index (χ4v) is 5.98. The highest BCUT2D eigenvalue weighted by Crippen LogP contribution is 2.42. The van der Waals surface area contributed by atoms with E-state index in [1.54, 1.807) is 79.7 Å². The van der Waals surface area contributed by atoms with Crippen molar-refractivity contribution in [2.24, 2.45) is 0 Å². The van der Waals surface area contributed by atoms with E-state index in [1.807, 2.05) is 72.8 Å². The van der Waals surface area contributed by atoms with Gasteiger partial charge in [0.15, 0.2) is 0 Å². The molecule has 45 heavy (non-hydrogen) atoms. The Hall–Kier alpha value is -5.37. The van der Waals surface area contributed by atoms with Crippen LogP contribution in [-0.2, 0) is 16.0 Å². The van der Waals surface area contributed by atoms with Crippen LogP contribution in [0.3, 0.4) is 0 Å². The summed E-state index contributed by atoms with van der Waals surface area (Å²) in [5.41, 5.74) is 1.66. The van der Waals surface area contributed by atoms with E-state index in [9.17, 15) is 19.8 Å². The number of aliphatic hydroxyl groups is 2. The lowest BCUT2D eigenvalue weighted by Crippen LogP contribution is -2.43. The smallest absolute Gasteiger partial charge is 0.280 e. The zero-order valence-corrected chi connectivity index (χ0v) is 24.7. The molecule has 0 aliphatic heterocycles. The molecule has 6 rings (SSSR count). The quantitative estimate of drug-likeness (QED) is 0.195. The average Bonchev–Trinajstić information content (AvgIpc) is 3.10. The number of rotatable bonds is 9. The number of fused-ring (bicyclic) bond motifs is 1. The molecule has 0 radical (unpaired) electrons. The molecule has 224 valence electrons. The maximum absolute atomic E-state index is 14.1. The predicted molar refractivity (Wildman–Crippen MR) is 175 cm³/mol. The molecule has 3 N–H and O–H groups in total. The summed E-state index contributed by atoms with van der Waals surface area (Å²) in [5.74, 6) is -1.27. The van der Waals surface area contributed by atoms with E-state index in [1.165, 1.54) is 0 Å². The van der Waals surface area contributed by atoms with Crippen LogP contribution in [0.4, 0.5) is 0 Å². The van der Waals surface area contributed by atoms with E-state index < -0.39 is 28.6 Å².